The minimum Gasteiger partial charge on any atom is -0.351 e. The van der Waals surface area contributed by atoms with E-state index in [4.69, 9.17) is 0 Å². The van der Waals surface area contributed by atoms with Crippen LogP contribution in [0.2, 0.25) is 0 Å². The summed E-state index contributed by atoms with van der Waals surface area (Å²) in [4.78, 5) is 20.8. The highest BCUT2D eigenvalue weighted by Crippen LogP contribution is 2.21. The Morgan fingerprint density at radius 2 is 2.12 bits per heavy atom. The van der Waals surface area contributed by atoms with Crippen molar-refractivity contribution in [3.05, 3.63) is 53.1 Å². The number of amides is 1. The number of nitrogens with zero attached hydrogens (tertiary/aromatic N) is 2. The molecule has 0 radical (unpaired) electrons. The lowest BCUT2D eigenvalue weighted by atomic mass is 10.1. The molecule has 1 atom stereocenters. The number of H-pyrrole nitrogens is 1. The molecule has 0 aliphatic heterocycles. The van der Waals surface area contributed by atoms with E-state index < -0.39 is 0 Å². The normalized spacial score (nSPS) is 12.5. The molecule has 0 saturated carbocycles. The van der Waals surface area contributed by atoms with Crippen molar-refractivity contribution in [2.75, 3.05) is 12.0 Å². The van der Waals surface area contributed by atoms with Gasteiger partial charge in [0, 0.05) is 18.4 Å². The molecule has 0 bridgehead atoms. The number of benzene rings is 1. The molecule has 6 heteroatoms. The van der Waals surface area contributed by atoms with Gasteiger partial charge in [0.1, 0.15) is 5.82 Å². The Balaban J connectivity index is 1.87. The zero-order valence-electron chi connectivity index (χ0n) is 15.1. The quantitative estimate of drug-likeness (QED) is 0.707. The molecule has 0 aliphatic carbocycles. The van der Waals surface area contributed by atoms with E-state index in [-0.39, 0.29) is 11.9 Å². The number of aromatic nitrogens is 3. The number of hydrogen-bond acceptors (Lipinski definition) is 3. The van der Waals surface area contributed by atoms with Gasteiger partial charge in [-0.1, -0.05) is 12.1 Å². The largest absolute Gasteiger partial charge is 0.351 e. The molecule has 3 aromatic rings. The Morgan fingerprint density at radius 3 is 2.76 bits per heavy atom. The number of fused-ring (bicyclic) bond motifs is 1. The molecule has 0 aliphatic rings. The van der Waals surface area contributed by atoms with Gasteiger partial charge < -0.3 is 14.9 Å². The molecule has 0 unspecified atom stereocenters. The molecule has 2 aromatic heterocycles. The van der Waals surface area contributed by atoms with Crippen molar-refractivity contribution < 1.29 is 4.79 Å². The molecule has 25 heavy (non-hydrogen) atoms. The molecule has 3 rings (SSSR count). The molecule has 2 heterocycles. The lowest BCUT2D eigenvalue weighted by Crippen LogP contribution is -2.30. The first-order valence-corrected chi connectivity index (χ1v) is 9.78. The van der Waals surface area contributed by atoms with Crippen LogP contribution < -0.4 is 5.32 Å². The predicted octanol–water partition coefficient (Wildman–Crippen LogP) is 3.74. The van der Waals surface area contributed by atoms with Gasteiger partial charge in [0.25, 0.3) is 5.91 Å². The van der Waals surface area contributed by atoms with Gasteiger partial charge in [-0.3, -0.25) is 4.79 Å². The van der Waals surface area contributed by atoms with E-state index in [0.717, 1.165) is 46.0 Å². The number of rotatable bonds is 6. The zero-order chi connectivity index (χ0) is 18.0. The van der Waals surface area contributed by atoms with Crippen LogP contribution in [0.3, 0.4) is 0 Å². The second kappa shape index (κ2) is 7.35. The van der Waals surface area contributed by atoms with Crippen LogP contribution in [0.15, 0.2) is 30.3 Å². The first kappa shape index (κ1) is 17.6. The fraction of sp³-hybridized carbons (Fsp3) is 0.368. The molecular formula is C19H24N4OS. The molecule has 0 spiro atoms. The molecule has 2 N–H and O–H groups in total. The average molecular weight is 356 g/mol. The summed E-state index contributed by atoms with van der Waals surface area (Å²) in [6.07, 6.45) is 2.90. The fourth-order valence-corrected chi connectivity index (χ4v) is 3.44. The Hall–Kier alpha value is -2.21. The number of aryl methyl sites for hydroxylation is 1. The highest BCUT2D eigenvalue weighted by molar-refractivity contribution is 7.98. The van der Waals surface area contributed by atoms with Crippen molar-refractivity contribution >= 4 is 28.7 Å². The van der Waals surface area contributed by atoms with Gasteiger partial charge in [0.15, 0.2) is 0 Å². The van der Waals surface area contributed by atoms with Gasteiger partial charge in [-0.25, -0.2) is 4.98 Å². The molecule has 1 aromatic carbocycles. The smallest absolute Gasteiger partial charge is 0.253 e. The summed E-state index contributed by atoms with van der Waals surface area (Å²) in [6.45, 7) is 3.98. The van der Waals surface area contributed by atoms with Crippen LogP contribution in [0.4, 0.5) is 0 Å². The highest BCUT2D eigenvalue weighted by atomic mass is 32.2. The van der Waals surface area contributed by atoms with Crippen LogP contribution in [0, 0.1) is 13.8 Å². The van der Waals surface area contributed by atoms with E-state index >= 15 is 0 Å². The van der Waals surface area contributed by atoms with Crippen LogP contribution in [-0.2, 0) is 7.05 Å². The Bertz CT molecular complexity index is 863. The SMILES string of the molecule is CSCC[C@@H](NC(=O)c1cc(C)n(C)c1C)c1nc2ccccc2[nH]1. The molecular weight excluding hydrogens is 332 g/mol. The zero-order valence-corrected chi connectivity index (χ0v) is 15.9. The summed E-state index contributed by atoms with van der Waals surface area (Å²) >= 11 is 1.77. The van der Waals surface area contributed by atoms with E-state index in [1.54, 1.807) is 11.8 Å². The third-order valence-corrected chi connectivity index (χ3v) is 5.32. The highest BCUT2D eigenvalue weighted by Gasteiger charge is 2.21. The maximum Gasteiger partial charge on any atom is 0.253 e. The lowest BCUT2D eigenvalue weighted by Gasteiger charge is -2.16. The van der Waals surface area contributed by atoms with Crippen molar-refractivity contribution in [3.8, 4) is 0 Å². The summed E-state index contributed by atoms with van der Waals surface area (Å²) < 4.78 is 2.03. The minimum atomic E-state index is -0.132. The van der Waals surface area contributed by atoms with E-state index in [9.17, 15) is 4.79 Å². The van der Waals surface area contributed by atoms with Crippen molar-refractivity contribution in [3.63, 3.8) is 0 Å². The fourth-order valence-electron chi connectivity index (χ4n) is 2.97. The van der Waals surface area contributed by atoms with Gasteiger partial charge in [-0.05, 0) is 50.5 Å². The van der Waals surface area contributed by atoms with Crippen LogP contribution in [0.1, 0.15) is 40.0 Å². The number of thioether (sulfide) groups is 1. The third kappa shape index (κ3) is 3.58. The summed E-state index contributed by atoms with van der Waals surface area (Å²) in [5, 5.41) is 3.17. The average Bonchev–Trinajstić information content (AvgIpc) is 3.15. The second-order valence-electron chi connectivity index (χ2n) is 6.29. The number of imidazole rings is 1. The second-order valence-corrected chi connectivity index (χ2v) is 7.28. The van der Waals surface area contributed by atoms with Crippen LogP contribution in [0.25, 0.3) is 11.0 Å². The molecule has 5 nitrogen and oxygen atoms in total. The van der Waals surface area contributed by atoms with Gasteiger partial charge in [-0.15, -0.1) is 0 Å². The van der Waals surface area contributed by atoms with Crippen molar-refractivity contribution in [1.82, 2.24) is 19.9 Å². The molecule has 1 amide bonds. The molecule has 132 valence electrons. The van der Waals surface area contributed by atoms with E-state index in [0.29, 0.717) is 0 Å². The Labute approximate surface area is 152 Å². The Morgan fingerprint density at radius 1 is 1.36 bits per heavy atom. The number of para-hydroxylation sites is 2. The summed E-state index contributed by atoms with van der Waals surface area (Å²) in [5.41, 5.74) is 4.70. The van der Waals surface area contributed by atoms with Gasteiger partial charge in [-0.2, -0.15) is 11.8 Å². The monoisotopic (exact) mass is 356 g/mol. The first-order chi connectivity index (χ1) is 12.0. The van der Waals surface area contributed by atoms with Crippen LogP contribution >= 0.6 is 11.8 Å². The summed E-state index contributed by atoms with van der Waals surface area (Å²) in [6, 6.07) is 9.74. The van der Waals surface area contributed by atoms with E-state index in [2.05, 4.69) is 21.5 Å². The maximum absolute atomic E-state index is 12.8. The van der Waals surface area contributed by atoms with E-state index in [1.165, 1.54) is 0 Å². The van der Waals surface area contributed by atoms with Gasteiger partial charge in [0.2, 0.25) is 0 Å². The number of carbonyl (C=O) groups is 1. The van der Waals surface area contributed by atoms with Gasteiger partial charge >= 0.3 is 0 Å². The van der Waals surface area contributed by atoms with E-state index in [1.807, 2.05) is 55.8 Å². The third-order valence-electron chi connectivity index (χ3n) is 4.67. The summed E-state index contributed by atoms with van der Waals surface area (Å²) in [7, 11) is 1.98. The van der Waals surface area contributed by atoms with Crippen LogP contribution in [0.5, 0.6) is 0 Å². The van der Waals surface area contributed by atoms with Crippen molar-refractivity contribution in [2.45, 2.75) is 26.3 Å². The minimum absolute atomic E-state index is 0.0484. The standard InChI is InChI=1S/C19H24N4OS/c1-12-11-14(13(2)23(12)3)19(24)22-17(9-10-25-4)18-20-15-7-5-6-8-16(15)21-18/h5-8,11,17H,9-10H2,1-4H3,(H,20,21)(H,22,24)/t17-/m1/s1. The topological polar surface area (TPSA) is 62.7 Å². The molecule has 0 fully saturated rings. The van der Waals surface area contributed by atoms with Crippen LogP contribution in [-0.4, -0.2) is 32.5 Å². The lowest BCUT2D eigenvalue weighted by molar-refractivity contribution is 0.0933. The van der Waals surface area contributed by atoms with Crippen molar-refractivity contribution in [2.24, 2.45) is 7.05 Å². The number of nitrogens with one attached hydrogen (secondary N) is 2. The Kier molecular flexibility index (Phi) is 5.18. The number of hydrogen-bond donors (Lipinski definition) is 2. The molecule has 0 saturated heterocycles. The number of carbonyl (C=O) groups excluding carboxylic acids is 1. The summed E-state index contributed by atoms with van der Waals surface area (Å²) in [5.74, 6) is 1.72. The maximum atomic E-state index is 12.8. The van der Waals surface area contributed by atoms with Gasteiger partial charge in [0.05, 0.1) is 22.6 Å². The predicted molar refractivity (Wildman–Crippen MR) is 104 cm³/mol. The number of aromatic amines is 1. The first-order valence-electron chi connectivity index (χ1n) is 8.38. The van der Waals surface area contributed by atoms with Crippen molar-refractivity contribution in [1.29, 1.82) is 0 Å².